The predicted octanol–water partition coefficient (Wildman–Crippen LogP) is 0.867. The summed E-state index contributed by atoms with van der Waals surface area (Å²) in [5.41, 5.74) is 0. The average molecular weight is 244 g/mol. The molecule has 1 atom stereocenters. The minimum absolute atomic E-state index is 0.0257. The Kier molecular flexibility index (Phi) is 5.66. The van der Waals surface area contributed by atoms with Crippen LogP contribution in [0.5, 0.6) is 0 Å². The third-order valence-corrected chi connectivity index (χ3v) is 3.33. The van der Waals surface area contributed by atoms with Crippen LogP contribution in [0.4, 0.5) is 0 Å². The van der Waals surface area contributed by atoms with E-state index >= 15 is 0 Å². The first-order valence-corrected chi connectivity index (χ1v) is 7.15. The Labute approximate surface area is 101 Å². The molecule has 1 saturated heterocycles. The lowest BCUT2D eigenvalue weighted by Gasteiger charge is -2.32. The van der Waals surface area contributed by atoms with Crippen LogP contribution in [-0.4, -0.2) is 47.9 Å². The maximum absolute atomic E-state index is 12.0. The highest BCUT2D eigenvalue weighted by Gasteiger charge is 2.31. The molecular weight excluding hydrogens is 224 g/mol. The number of carbonyl (C=O) groups is 2. The fourth-order valence-electron chi connectivity index (χ4n) is 1.85. The third kappa shape index (κ3) is 3.70. The quantitative estimate of drug-likeness (QED) is 0.705. The van der Waals surface area contributed by atoms with Crippen LogP contribution in [0.2, 0.25) is 0 Å². The van der Waals surface area contributed by atoms with Gasteiger partial charge in [-0.15, -0.1) is 0 Å². The molecule has 1 heterocycles. The van der Waals surface area contributed by atoms with Crippen LogP contribution in [0.15, 0.2) is 0 Å². The Morgan fingerprint density at radius 3 is 2.88 bits per heavy atom. The van der Waals surface area contributed by atoms with E-state index in [-0.39, 0.29) is 24.4 Å². The van der Waals surface area contributed by atoms with E-state index in [1.165, 1.54) is 0 Å². The molecule has 92 valence electrons. The Balaban J connectivity index is 2.48. The second-order valence-corrected chi connectivity index (χ2v) is 5.00. The summed E-state index contributed by atoms with van der Waals surface area (Å²) in [6.45, 7) is 2.95. The summed E-state index contributed by atoms with van der Waals surface area (Å²) < 4.78 is 0. The number of carbonyl (C=O) groups excluding carboxylic acids is 2. The molecule has 4 nitrogen and oxygen atoms in total. The molecule has 1 fully saturated rings. The summed E-state index contributed by atoms with van der Waals surface area (Å²) in [6, 6.07) is -0.291. The van der Waals surface area contributed by atoms with Gasteiger partial charge in [-0.25, -0.2) is 0 Å². The van der Waals surface area contributed by atoms with Crippen LogP contribution in [-0.2, 0) is 9.59 Å². The van der Waals surface area contributed by atoms with Gasteiger partial charge in [0.1, 0.15) is 6.04 Å². The summed E-state index contributed by atoms with van der Waals surface area (Å²) in [7, 11) is 0. The van der Waals surface area contributed by atoms with Crippen molar-refractivity contribution in [3.63, 3.8) is 0 Å². The van der Waals surface area contributed by atoms with Gasteiger partial charge in [0.25, 0.3) is 0 Å². The molecule has 0 spiro atoms. The number of piperazine rings is 1. The summed E-state index contributed by atoms with van der Waals surface area (Å²) in [5.74, 6) is 1.09. The Morgan fingerprint density at radius 2 is 2.25 bits per heavy atom. The largest absolute Gasteiger partial charge is 0.343 e. The third-order valence-electron chi connectivity index (χ3n) is 2.63. The number of thioether (sulfide) groups is 1. The zero-order valence-electron chi connectivity index (χ0n) is 9.99. The molecule has 0 aliphatic carbocycles. The first-order valence-electron chi connectivity index (χ1n) is 5.76. The standard InChI is InChI=1S/C11H20N2O2S/c1-3-5-9-11(15)13(6-4-7-16-2)8-10(14)12-9/h9H,3-8H2,1-2H3,(H,12,14). The summed E-state index contributed by atoms with van der Waals surface area (Å²) in [6.07, 6.45) is 4.66. The molecule has 1 rings (SSSR count). The van der Waals surface area contributed by atoms with Crippen LogP contribution >= 0.6 is 11.8 Å². The molecule has 0 saturated carbocycles. The molecule has 1 N–H and O–H groups in total. The lowest BCUT2D eigenvalue weighted by molar-refractivity contribution is -0.144. The zero-order chi connectivity index (χ0) is 12.0. The van der Waals surface area contributed by atoms with E-state index in [9.17, 15) is 9.59 Å². The highest BCUT2D eigenvalue weighted by Crippen LogP contribution is 2.09. The van der Waals surface area contributed by atoms with E-state index in [0.29, 0.717) is 6.54 Å². The Bertz CT molecular complexity index is 258. The van der Waals surface area contributed by atoms with Crippen molar-refractivity contribution in [2.24, 2.45) is 0 Å². The van der Waals surface area contributed by atoms with Gasteiger partial charge in [-0.05, 0) is 24.9 Å². The van der Waals surface area contributed by atoms with Gasteiger partial charge in [-0.1, -0.05) is 13.3 Å². The van der Waals surface area contributed by atoms with Crippen molar-refractivity contribution in [1.29, 1.82) is 0 Å². The maximum Gasteiger partial charge on any atom is 0.245 e. The van der Waals surface area contributed by atoms with Crippen LogP contribution in [0.25, 0.3) is 0 Å². The normalized spacial score (nSPS) is 21.1. The molecule has 0 aromatic rings. The highest BCUT2D eigenvalue weighted by molar-refractivity contribution is 7.98. The molecule has 1 aliphatic rings. The maximum atomic E-state index is 12.0. The molecule has 16 heavy (non-hydrogen) atoms. The van der Waals surface area contributed by atoms with E-state index in [0.717, 1.165) is 25.0 Å². The van der Waals surface area contributed by atoms with E-state index in [1.54, 1.807) is 16.7 Å². The minimum atomic E-state index is -0.291. The van der Waals surface area contributed by atoms with Gasteiger partial charge in [0, 0.05) is 6.54 Å². The smallest absolute Gasteiger partial charge is 0.245 e. The fraction of sp³-hybridized carbons (Fsp3) is 0.818. The molecule has 0 radical (unpaired) electrons. The van der Waals surface area contributed by atoms with Crippen molar-refractivity contribution in [3.05, 3.63) is 0 Å². The number of nitrogens with one attached hydrogen (secondary N) is 1. The van der Waals surface area contributed by atoms with Crippen molar-refractivity contribution < 1.29 is 9.59 Å². The molecule has 2 amide bonds. The lowest BCUT2D eigenvalue weighted by Crippen LogP contribution is -2.58. The Hall–Kier alpha value is -0.710. The van der Waals surface area contributed by atoms with Crippen molar-refractivity contribution in [2.75, 3.05) is 25.1 Å². The number of hydrogen-bond acceptors (Lipinski definition) is 3. The first kappa shape index (κ1) is 13.4. The van der Waals surface area contributed by atoms with Crippen LogP contribution in [0, 0.1) is 0 Å². The van der Waals surface area contributed by atoms with Crippen LogP contribution in [0.3, 0.4) is 0 Å². The van der Waals surface area contributed by atoms with Gasteiger partial charge >= 0.3 is 0 Å². The predicted molar refractivity (Wildman–Crippen MR) is 66.4 cm³/mol. The van der Waals surface area contributed by atoms with Crippen LogP contribution in [0.1, 0.15) is 26.2 Å². The minimum Gasteiger partial charge on any atom is -0.343 e. The number of rotatable bonds is 6. The molecule has 0 aromatic heterocycles. The van der Waals surface area contributed by atoms with Crippen molar-refractivity contribution in [3.8, 4) is 0 Å². The summed E-state index contributed by atoms with van der Waals surface area (Å²) in [5, 5.41) is 2.75. The number of nitrogens with zero attached hydrogens (tertiary/aromatic N) is 1. The fourth-order valence-corrected chi connectivity index (χ4v) is 2.26. The van der Waals surface area contributed by atoms with E-state index < -0.39 is 0 Å². The topological polar surface area (TPSA) is 49.4 Å². The molecule has 5 heteroatoms. The van der Waals surface area contributed by atoms with Gasteiger partial charge in [-0.3, -0.25) is 9.59 Å². The van der Waals surface area contributed by atoms with E-state index in [1.807, 2.05) is 13.2 Å². The van der Waals surface area contributed by atoms with Crippen molar-refractivity contribution in [2.45, 2.75) is 32.2 Å². The summed E-state index contributed by atoms with van der Waals surface area (Å²) in [4.78, 5) is 25.1. The molecule has 0 bridgehead atoms. The van der Waals surface area contributed by atoms with Gasteiger partial charge in [0.05, 0.1) is 6.54 Å². The second-order valence-electron chi connectivity index (χ2n) is 4.01. The van der Waals surface area contributed by atoms with Crippen molar-refractivity contribution in [1.82, 2.24) is 10.2 Å². The average Bonchev–Trinajstić information content (AvgIpc) is 2.25. The molecule has 0 aromatic carbocycles. The lowest BCUT2D eigenvalue weighted by atomic mass is 10.1. The Morgan fingerprint density at radius 1 is 1.50 bits per heavy atom. The molecular formula is C11H20N2O2S. The second kappa shape index (κ2) is 6.78. The number of amides is 2. The highest BCUT2D eigenvalue weighted by atomic mass is 32.2. The molecule has 1 aliphatic heterocycles. The zero-order valence-corrected chi connectivity index (χ0v) is 10.8. The SMILES string of the molecule is CCCC1NC(=O)CN(CCCSC)C1=O. The van der Waals surface area contributed by atoms with E-state index in [4.69, 9.17) is 0 Å². The van der Waals surface area contributed by atoms with E-state index in [2.05, 4.69) is 5.32 Å². The van der Waals surface area contributed by atoms with Gasteiger partial charge < -0.3 is 10.2 Å². The van der Waals surface area contributed by atoms with Gasteiger partial charge in [-0.2, -0.15) is 11.8 Å². The van der Waals surface area contributed by atoms with Crippen molar-refractivity contribution >= 4 is 23.6 Å². The van der Waals surface area contributed by atoms with Gasteiger partial charge in [0.2, 0.25) is 11.8 Å². The molecule has 1 unspecified atom stereocenters. The summed E-state index contributed by atoms with van der Waals surface area (Å²) >= 11 is 1.76. The monoisotopic (exact) mass is 244 g/mol. The first-order chi connectivity index (χ1) is 7.69. The van der Waals surface area contributed by atoms with Gasteiger partial charge in [0.15, 0.2) is 0 Å². The van der Waals surface area contributed by atoms with Crippen LogP contribution < -0.4 is 5.32 Å². The number of hydrogen-bond donors (Lipinski definition) is 1.